The van der Waals surface area contributed by atoms with Gasteiger partial charge >= 0.3 is 0 Å². The summed E-state index contributed by atoms with van der Waals surface area (Å²) in [5, 5.41) is 3.81. The van der Waals surface area contributed by atoms with Crippen molar-refractivity contribution >= 4 is 5.91 Å². The lowest BCUT2D eigenvalue weighted by Gasteiger charge is -2.33. The minimum Gasteiger partial charge on any atom is -0.377 e. The first-order chi connectivity index (χ1) is 10.6. The van der Waals surface area contributed by atoms with Gasteiger partial charge in [0.25, 0.3) is 11.8 Å². The van der Waals surface area contributed by atoms with Crippen molar-refractivity contribution in [3.63, 3.8) is 0 Å². The summed E-state index contributed by atoms with van der Waals surface area (Å²) in [7, 11) is 0. The van der Waals surface area contributed by atoms with E-state index in [9.17, 15) is 4.79 Å². The molecule has 0 saturated carbocycles. The van der Waals surface area contributed by atoms with Gasteiger partial charge in [-0.05, 0) is 32.9 Å². The first-order valence-corrected chi connectivity index (χ1v) is 7.43. The molecule has 3 heterocycles. The second-order valence-electron chi connectivity index (χ2n) is 5.66. The zero-order chi connectivity index (χ0) is 15.7. The van der Waals surface area contributed by atoms with E-state index in [0.717, 1.165) is 0 Å². The fourth-order valence-corrected chi connectivity index (χ4v) is 2.67. The Morgan fingerprint density at radius 2 is 2.27 bits per heavy atom. The molecule has 1 saturated heterocycles. The third-order valence-corrected chi connectivity index (χ3v) is 3.77. The zero-order valence-corrected chi connectivity index (χ0v) is 13.0. The summed E-state index contributed by atoms with van der Waals surface area (Å²) in [5.74, 6) is 0.939. The molecule has 2 aromatic rings. The molecule has 0 radical (unpaired) electrons. The van der Waals surface area contributed by atoms with Crippen molar-refractivity contribution in [2.75, 3.05) is 19.8 Å². The van der Waals surface area contributed by atoms with E-state index in [4.69, 9.17) is 9.26 Å². The van der Waals surface area contributed by atoms with Gasteiger partial charge in [-0.15, -0.1) is 0 Å². The maximum atomic E-state index is 12.9. The second-order valence-corrected chi connectivity index (χ2v) is 5.66. The van der Waals surface area contributed by atoms with Gasteiger partial charge in [-0.2, -0.15) is 4.98 Å². The van der Waals surface area contributed by atoms with Crippen LogP contribution < -0.4 is 0 Å². The van der Waals surface area contributed by atoms with Crippen LogP contribution in [0.1, 0.15) is 48.1 Å². The highest BCUT2D eigenvalue weighted by Crippen LogP contribution is 2.25. The van der Waals surface area contributed by atoms with Gasteiger partial charge in [0.1, 0.15) is 11.7 Å². The van der Waals surface area contributed by atoms with E-state index < -0.39 is 0 Å². The largest absolute Gasteiger partial charge is 0.377 e. The quantitative estimate of drug-likeness (QED) is 0.867. The lowest BCUT2D eigenvalue weighted by Crippen LogP contribution is -2.44. The Morgan fingerprint density at radius 1 is 1.45 bits per heavy atom. The number of hydrogen-bond donors (Lipinski definition) is 0. The smallest absolute Gasteiger partial charge is 0.271 e. The molecule has 1 fully saturated rings. The average molecular weight is 304 g/mol. The number of morpholine rings is 1. The lowest BCUT2D eigenvalue weighted by atomic mass is 10.2. The molecule has 118 valence electrons. The molecular weight excluding hydrogens is 284 g/mol. The minimum absolute atomic E-state index is 0.0390. The first-order valence-electron chi connectivity index (χ1n) is 7.43. The highest BCUT2D eigenvalue weighted by molar-refractivity contribution is 5.93. The van der Waals surface area contributed by atoms with E-state index >= 15 is 0 Å². The van der Waals surface area contributed by atoms with Crippen LogP contribution in [0.2, 0.25) is 0 Å². The summed E-state index contributed by atoms with van der Waals surface area (Å²) in [6.07, 6.45) is 1.92. The lowest BCUT2D eigenvalue weighted by molar-refractivity contribution is -0.0124. The van der Waals surface area contributed by atoms with Gasteiger partial charge in [0.05, 0.1) is 13.2 Å². The van der Waals surface area contributed by atoms with E-state index in [1.807, 2.05) is 22.9 Å². The van der Waals surface area contributed by atoms with Gasteiger partial charge in [0, 0.05) is 18.8 Å². The van der Waals surface area contributed by atoms with E-state index in [2.05, 4.69) is 24.0 Å². The summed E-state index contributed by atoms with van der Waals surface area (Å²) >= 11 is 0. The molecule has 22 heavy (non-hydrogen) atoms. The van der Waals surface area contributed by atoms with Crippen molar-refractivity contribution in [2.45, 2.75) is 32.9 Å². The summed E-state index contributed by atoms with van der Waals surface area (Å²) in [6.45, 7) is 7.25. The van der Waals surface area contributed by atoms with Crippen LogP contribution in [0.3, 0.4) is 0 Å². The Kier molecular flexibility index (Phi) is 3.98. The summed E-state index contributed by atoms with van der Waals surface area (Å²) in [5.41, 5.74) is 0.665. The average Bonchev–Trinajstić information content (AvgIpc) is 3.15. The molecule has 0 unspecified atom stereocenters. The Labute approximate surface area is 128 Å². The van der Waals surface area contributed by atoms with Crippen molar-refractivity contribution in [1.29, 1.82) is 0 Å². The minimum atomic E-state index is -0.335. The normalized spacial score (nSPS) is 18.9. The molecule has 0 bridgehead atoms. The summed E-state index contributed by atoms with van der Waals surface area (Å²) in [4.78, 5) is 18.9. The molecule has 0 aliphatic carbocycles. The van der Waals surface area contributed by atoms with Gasteiger partial charge in [-0.1, -0.05) is 5.16 Å². The predicted molar refractivity (Wildman–Crippen MR) is 78.4 cm³/mol. The molecule has 2 aromatic heterocycles. The number of ether oxygens (including phenoxy) is 1. The fourth-order valence-electron chi connectivity index (χ4n) is 2.67. The molecule has 0 aromatic carbocycles. The second kappa shape index (κ2) is 5.92. The van der Waals surface area contributed by atoms with Gasteiger partial charge in [-0.3, -0.25) is 4.79 Å². The van der Waals surface area contributed by atoms with E-state index in [1.165, 1.54) is 0 Å². The van der Waals surface area contributed by atoms with Crippen LogP contribution in [-0.4, -0.2) is 45.3 Å². The van der Waals surface area contributed by atoms with E-state index in [1.54, 1.807) is 11.8 Å². The van der Waals surface area contributed by atoms with Crippen molar-refractivity contribution in [3.8, 4) is 0 Å². The van der Waals surface area contributed by atoms with Crippen LogP contribution in [-0.2, 0) is 4.74 Å². The number of carbonyl (C=O) groups is 1. The topological polar surface area (TPSA) is 73.4 Å². The molecule has 1 aliphatic heterocycles. The molecule has 7 nitrogen and oxygen atoms in total. The van der Waals surface area contributed by atoms with Crippen LogP contribution in [0, 0.1) is 6.92 Å². The molecular formula is C15H20N4O3. The predicted octanol–water partition coefficient (Wildman–Crippen LogP) is 1.97. The molecule has 0 N–H and O–H groups in total. The monoisotopic (exact) mass is 304 g/mol. The molecule has 1 aliphatic rings. The Hall–Kier alpha value is -2.15. The van der Waals surface area contributed by atoms with Crippen molar-refractivity contribution < 1.29 is 14.1 Å². The Bertz CT molecular complexity index is 661. The van der Waals surface area contributed by atoms with Crippen LogP contribution in [0.5, 0.6) is 0 Å². The number of amides is 1. The highest BCUT2D eigenvalue weighted by Gasteiger charge is 2.34. The summed E-state index contributed by atoms with van der Waals surface area (Å²) in [6, 6.07) is 3.62. The number of carbonyl (C=O) groups excluding carboxylic acids is 1. The number of aromatic nitrogens is 3. The SMILES string of the molecule is Cc1noc([C@H]2COCCN2C(=O)c2cccn2C(C)C)n1. The number of nitrogens with zero attached hydrogens (tertiary/aromatic N) is 4. The standard InChI is InChI=1S/C15H20N4O3/c1-10(2)18-6-4-5-12(18)15(20)19-7-8-21-9-13(19)14-16-11(3)17-22-14/h4-6,10,13H,7-9H2,1-3H3/t13-/m1/s1. The summed E-state index contributed by atoms with van der Waals surface area (Å²) < 4.78 is 12.7. The maximum absolute atomic E-state index is 12.9. The van der Waals surface area contributed by atoms with Crippen LogP contribution >= 0.6 is 0 Å². The van der Waals surface area contributed by atoms with Gasteiger partial charge in [-0.25, -0.2) is 0 Å². The number of aryl methyl sites for hydroxylation is 1. The third kappa shape index (κ3) is 2.64. The first kappa shape index (κ1) is 14.8. The van der Waals surface area contributed by atoms with Crippen LogP contribution in [0.15, 0.2) is 22.9 Å². The fraction of sp³-hybridized carbons (Fsp3) is 0.533. The number of hydrogen-bond acceptors (Lipinski definition) is 5. The van der Waals surface area contributed by atoms with Gasteiger partial charge in [0.15, 0.2) is 5.82 Å². The molecule has 1 amide bonds. The van der Waals surface area contributed by atoms with Crippen molar-refractivity contribution in [2.24, 2.45) is 0 Å². The molecule has 1 atom stereocenters. The van der Waals surface area contributed by atoms with Crippen LogP contribution in [0.25, 0.3) is 0 Å². The molecule has 0 spiro atoms. The molecule has 3 rings (SSSR count). The van der Waals surface area contributed by atoms with Crippen LogP contribution in [0.4, 0.5) is 0 Å². The third-order valence-electron chi connectivity index (χ3n) is 3.77. The number of rotatable bonds is 3. The Balaban J connectivity index is 1.90. The van der Waals surface area contributed by atoms with Gasteiger partial charge in [0.2, 0.25) is 0 Å². The van der Waals surface area contributed by atoms with E-state index in [-0.39, 0.29) is 18.0 Å². The maximum Gasteiger partial charge on any atom is 0.271 e. The Morgan fingerprint density at radius 3 is 2.95 bits per heavy atom. The van der Waals surface area contributed by atoms with E-state index in [0.29, 0.717) is 37.2 Å². The highest BCUT2D eigenvalue weighted by atomic mass is 16.5. The van der Waals surface area contributed by atoms with Crippen molar-refractivity contribution in [1.82, 2.24) is 19.6 Å². The zero-order valence-electron chi connectivity index (χ0n) is 13.0. The van der Waals surface area contributed by atoms with Crippen molar-refractivity contribution in [3.05, 3.63) is 35.7 Å². The molecule has 7 heteroatoms. The van der Waals surface area contributed by atoms with Gasteiger partial charge < -0.3 is 18.7 Å².